The zero-order valence-corrected chi connectivity index (χ0v) is 13.5. The molecule has 118 valence electrons. The van der Waals surface area contributed by atoms with E-state index in [4.69, 9.17) is 0 Å². The molecule has 0 fully saturated rings. The van der Waals surface area contributed by atoms with Crippen LogP contribution in [0.1, 0.15) is 57.3 Å². The van der Waals surface area contributed by atoms with Crippen LogP contribution >= 0.6 is 0 Å². The van der Waals surface area contributed by atoms with E-state index in [1.54, 1.807) is 0 Å². The van der Waals surface area contributed by atoms with Crippen molar-refractivity contribution < 1.29 is 9.90 Å². The molecule has 1 amide bonds. The number of aliphatic hydroxyl groups excluding tert-OH is 1. The number of amides is 1. The fraction of sp³-hybridized carbons (Fsp3) is 0.588. The first-order chi connectivity index (χ1) is 9.90. The van der Waals surface area contributed by atoms with Gasteiger partial charge in [0.1, 0.15) is 0 Å². The first-order valence-electron chi connectivity index (χ1n) is 7.68. The standard InChI is InChI=1S/C17H28N2O2/c1-12(2)14-5-7-15(8-6-14)16(20)11-18-10-9-17(21)19-13(3)4/h5-8,12-13,16,18,20H,9-11H2,1-4H3,(H,19,21). The van der Waals surface area contributed by atoms with Crippen molar-refractivity contribution in [3.05, 3.63) is 35.4 Å². The highest BCUT2D eigenvalue weighted by Gasteiger charge is 2.08. The molecule has 0 aromatic heterocycles. The highest BCUT2D eigenvalue weighted by Crippen LogP contribution is 2.18. The molecule has 3 N–H and O–H groups in total. The van der Waals surface area contributed by atoms with Gasteiger partial charge in [-0.25, -0.2) is 0 Å². The molecule has 0 spiro atoms. The van der Waals surface area contributed by atoms with Gasteiger partial charge in [0.2, 0.25) is 5.91 Å². The molecule has 0 saturated heterocycles. The molecular weight excluding hydrogens is 264 g/mol. The van der Waals surface area contributed by atoms with Gasteiger partial charge in [-0.05, 0) is 30.9 Å². The molecular formula is C17H28N2O2. The predicted octanol–water partition coefficient (Wildman–Crippen LogP) is 2.35. The summed E-state index contributed by atoms with van der Waals surface area (Å²) in [5.74, 6) is 0.530. The van der Waals surface area contributed by atoms with E-state index in [-0.39, 0.29) is 11.9 Å². The van der Waals surface area contributed by atoms with Gasteiger partial charge in [-0.15, -0.1) is 0 Å². The van der Waals surface area contributed by atoms with Gasteiger partial charge in [-0.2, -0.15) is 0 Å². The molecule has 0 aliphatic rings. The Kier molecular flexibility index (Phi) is 7.40. The van der Waals surface area contributed by atoms with Crippen LogP contribution in [0.3, 0.4) is 0 Å². The van der Waals surface area contributed by atoms with Crippen LogP contribution < -0.4 is 10.6 Å². The number of carbonyl (C=O) groups excluding carboxylic acids is 1. The summed E-state index contributed by atoms with van der Waals surface area (Å²) in [7, 11) is 0. The monoisotopic (exact) mass is 292 g/mol. The largest absolute Gasteiger partial charge is 0.387 e. The molecule has 0 aliphatic carbocycles. The second kappa shape index (κ2) is 8.80. The van der Waals surface area contributed by atoms with Crippen LogP contribution in [0, 0.1) is 0 Å². The van der Waals surface area contributed by atoms with Crippen molar-refractivity contribution in [2.45, 2.75) is 52.2 Å². The third kappa shape index (κ3) is 6.74. The minimum absolute atomic E-state index is 0.0354. The second-order valence-electron chi connectivity index (χ2n) is 6.01. The maximum Gasteiger partial charge on any atom is 0.221 e. The average Bonchev–Trinajstić information content (AvgIpc) is 2.42. The van der Waals surface area contributed by atoms with Crippen molar-refractivity contribution in [1.82, 2.24) is 10.6 Å². The van der Waals surface area contributed by atoms with E-state index >= 15 is 0 Å². The molecule has 0 radical (unpaired) electrons. The Balaban J connectivity index is 2.30. The quantitative estimate of drug-likeness (QED) is 0.645. The topological polar surface area (TPSA) is 61.4 Å². The summed E-state index contributed by atoms with van der Waals surface area (Å²) in [6.45, 7) is 9.20. The summed E-state index contributed by atoms with van der Waals surface area (Å²) in [6, 6.07) is 8.21. The molecule has 1 rings (SSSR count). The molecule has 4 heteroatoms. The number of hydrogen-bond donors (Lipinski definition) is 3. The molecule has 0 heterocycles. The van der Waals surface area contributed by atoms with E-state index in [1.807, 2.05) is 26.0 Å². The maximum atomic E-state index is 11.5. The summed E-state index contributed by atoms with van der Waals surface area (Å²) in [5, 5.41) is 16.0. The minimum atomic E-state index is -0.542. The van der Waals surface area contributed by atoms with Crippen LogP contribution in [0.15, 0.2) is 24.3 Å². The molecule has 4 nitrogen and oxygen atoms in total. The summed E-state index contributed by atoms with van der Waals surface area (Å²) < 4.78 is 0. The third-order valence-corrected chi connectivity index (χ3v) is 3.30. The zero-order valence-electron chi connectivity index (χ0n) is 13.5. The molecule has 1 unspecified atom stereocenters. The molecule has 1 atom stereocenters. The van der Waals surface area contributed by atoms with Crippen LogP contribution in [-0.4, -0.2) is 30.1 Å². The van der Waals surface area contributed by atoms with Gasteiger partial charge < -0.3 is 15.7 Å². The van der Waals surface area contributed by atoms with Crippen LogP contribution in [0.2, 0.25) is 0 Å². The average molecular weight is 292 g/mol. The smallest absolute Gasteiger partial charge is 0.221 e. The lowest BCUT2D eigenvalue weighted by Crippen LogP contribution is -2.33. The van der Waals surface area contributed by atoms with Crippen LogP contribution in [0.25, 0.3) is 0 Å². The molecule has 0 bridgehead atoms. The van der Waals surface area contributed by atoms with Gasteiger partial charge in [-0.3, -0.25) is 4.79 Å². The maximum absolute atomic E-state index is 11.5. The Bertz CT molecular complexity index is 427. The fourth-order valence-corrected chi connectivity index (χ4v) is 2.06. The first kappa shape index (κ1) is 17.7. The Morgan fingerprint density at radius 3 is 2.19 bits per heavy atom. The Hall–Kier alpha value is -1.39. The molecule has 1 aromatic carbocycles. The normalized spacial score (nSPS) is 12.7. The zero-order chi connectivity index (χ0) is 15.8. The Morgan fingerprint density at radius 2 is 1.67 bits per heavy atom. The van der Waals surface area contributed by atoms with Crippen LogP contribution in [-0.2, 0) is 4.79 Å². The fourth-order valence-electron chi connectivity index (χ4n) is 2.06. The van der Waals surface area contributed by atoms with E-state index in [1.165, 1.54) is 5.56 Å². The summed E-state index contributed by atoms with van der Waals surface area (Å²) in [5.41, 5.74) is 2.17. The van der Waals surface area contributed by atoms with E-state index in [9.17, 15) is 9.90 Å². The lowest BCUT2D eigenvalue weighted by molar-refractivity contribution is -0.121. The summed E-state index contributed by atoms with van der Waals surface area (Å²) in [4.78, 5) is 11.5. The highest BCUT2D eigenvalue weighted by atomic mass is 16.3. The number of nitrogens with one attached hydrogen (secondary N) is 2. The Morgan fingerprint density at radius 1 is 1.10 bits per heavy atom. The van der Waals surface area contributed by atoms with Crippen molar-refractivity contribution >= 4 is 5.91 Å². The number of aliphatic hydroxyl groups is 1. The van der Waals surface area contributed by atoms with E-state index in [0.717, 1.165) is 5.56 Å². The number of hydrogen-bond acceptors (Lipinski definition) is 3. The molecule has 0 saturated carbocycles. The van der Waals surface area contributed by atoms with Crippen LogP contribution in [0.4, 0.5) is 0 Å². The first-order valence-corrected chi connectivity index (χ1v) is 7.68. The van der Waals surface area contributed by atoms with Gasteiger partial charge in [-0.1, -0.05) is 38.1 Å². The summed E-state index contributed by atoms with van der Waals surface area (Å²) >= 11 is 0. The van der Waals surface area contributed by atoms with Gasteiger partial charge in [0.05, 0.1) is 6.10 Å². The molecule has 1 aromatic rings. The SMILES string of the molecule is CC(C)NC(=O)CCNCC(O)c1ccc(C(C)C)cc1. The van der Waals surface area contributed by atoms with Crippen molar-refractivity contribution in [2.24, 2.45) is 0 Å². The van der Waals surface area contributed by atoms with Crippen LogP contribution in [0.5, 0.6) is 0 Å². The van der Waals surface area contributed by atoms with Crippen molar-refractivity contribution in [1.29, 1.82) is 0 Å². The summed E-state index contributed by atoms with van der Waals surface area (Å²) in [6.07, 6.45) is -0.114. The van der Waals surface area contributed by atoms with Gasteiger partial charge in [0.15, 0.2) is 0 Å². The number of benzene rings is 1. The van der Waals surface area contributed by atoms with Gasteiger partial charge in [0, 0.05) is 25.6 Å². The lowest BCUT2D eigenvalue weighted by atomic mass is 10.00. The van der Waals surface area contributed by atoms with E-state index in [0.29, 0.717) is 25.4 Å². The number of rotatable bonds is 8. The van der Waals surface area contributed by atoms with Crippen molar-refractivity contribution in [3.63, 3.8) is 0 Å². The second-order valence-corrected chi connectivity index (χ2v) is 6.01. The highest BCUT2D eigenvalue weighted by molar-refractivity contribution is 5.76. The minimum Gasteiger partial charge on any atom is -0.387 e. The van der Waals surface area contributed by atoms with Crippen molar-refractivity contribution in [2.75, 3.05) is 13.1 Å². The molecule has 21 heavy (non-hydrogen) atoms. The predicted molar refractivity (Wildman–Crippen MR) is 86.3 cm³/mol. The molecule has 0 aliphatic heterocycles. The Labute approximate surface area is 128 Å². The van der Waals surface area contributed by atoms with Gasteiger partial charge >= 0.3 is 0 Å². The third-order valence-electron chi connectivity index (χ3n) is 3.30. The van der Waals surface area contributed by atoms with E-state index < -0.39 is 6.10 Å². The van der Waals surface area contributed by atoms with Gasteiger partial charge in [0.25, 0.3) is 0 Å². The number of carbonyl (C=O) groups is 1. The van der Waals surface area contributed by atoms with E-state index in [2.05, 4.69) is 36.6 Å². The van der Waals surface area contributed by atoms with Crippen molar-refractivity contribution in [3.8, 4) is 0 Å². The lowest BCUT2D eigenvalue weighted by Gasteiger charge is -2.14.